The molecule has 9 nitrogen and oxygen atoms in total. The van der Waals surface area contributed by atoms with Crippen LogP contribution in [0.2, 0.25) is 0 Å². The Labute approximate surface area is 131 Å². The first kappa shape index (κ1) is 14.7. The number of rotatable bonds is 3. The minimum atomic E-state index is -0.699. The van der Waals surface area contributed by atoms with Crippen LogP contribution in [-0.4, -0.2) is 31.1 Å². The normalized spacial score (nSPS) is 10.9. The number of carbonyl (C=O) groups excluding carboxylic acids is 1. The average molecular weight is 313 g/mol. The largest absolute Gasteiger partial charge is 0.418 e. The summed E-state index contributed by atoms with van der Waals surface area (Å²) in [6.07, 6.45) is -0.699. The molecule has 0 bridgehead atoms. The van der Waals surface area contributed by atoms with Crippen LogP contribution in [0.5, 0.6) is 5.88 Å². The van der Waals surface area contributed by atoms with Crippen molar-refractivity contribution in [3.63, 3.8) is 0 Å². The molecule has 3 aromatic rings. The highest BCUT2D eigenvalue weighted by Crippen LogP contribution is 2.21. The number of benzene rings is 1. The third-order valence-corrected chi connectivity index (χ3v) is 2.92. The number of hydrogen-bond donors (Lipinski definition) is 2. The first-order chi connectivity index (χ1) is 11.0. The average Bonchev–Trinajstić information content (AvgIpc) is 2.92. The molecular formula is C14H15N7O2. The topological polar surface area (TPSA) is 121 Å². The molecule has 0 atom stereocenters. The van der Waals surface area contributed by atoms with E-state index >= 15 is 0 Å². The van der Waals surface area contributed by atoms with Crippen molar-refractivity contribution in [3.8, 4) is 5.88 Å². The fourth-order valence-electron chi connectivity index (χ4n) is 1.87. The Morgan fingerprint density at radius 3 is 2.65 bits per heavy atom. The molecule has 3 N–H and O–H groups in total. The Balaban J connectivity index is 1.88. The minimum absolute atomic E-state index is 0.0245. The fraction of sp³-hybridized carbons (Fsp3) is 0.214. The van der Waals surface area contributed by atoms with Crippen LogP contribution in [-0.2, 0) is 0 Å². The number of ether oxygens (including phenoxy) is 1. The van der Waals surface area contributed by atoms with Gasteiger partial charge in [0, 0.05) is 5.69 Å². The smallest absolute Gasteiger partial charge is 0.388 e. The summed E-state index contributed by atoms with van der Waals surface area (Å²) in [5, 5.41) is 11.0. The fourth-order valence-corrected chi connectivity index (χ4v) is 1.87. The summed E-state index contributed by atoms with van der Waals surface area (Å²) in [7, 11) is 0. The van der Waals surface area contributed by atoms with Crippen molar-refractivity contribution in [2.75, 3.05) is 11.1 Å². The van der Waals surface area contributed by atoms with Gasteiger partial charge in [-0.25, -0.2) is 4.79 Å². The standard InChI is InChI=1S/C14H15N7O2/c1-8(2)21-19-10-11(20-21)17-13(15)18-12(10)23-14(22)16-9-6-4-3-5-7-9/h3-8H,1-2H3,(H,16,22)(H2,15,17,20). The lowest BCUT2D eigenvalue weighted by atomic mass is 10.3. The zero-order valence-electron chi connectivity index (χ0n) is 12.6. The molecule has 0 aliphatic rings. The molecule has 0 aliphatic heterocycles. The lowest BCUT2D eigenvalue weighted by Gasteiger charge is -2.06. The third-order valence-electron chi connectivity index (χ3n) is 2.92. The summed E-state index contributed by atoms with van der Waals surface area (Å²) in [5.41, 5.74) is 6.77. The van der Waals surface area contributed by atoms with Crippen LogP contribution in [0.4, 0.5) is 16.4 Å². The number of nitrogens with zero attached hydrogens (tertiary/aromatic N) is 5. The van der Waals surface area contributed by atoms with Gasteiger partial charge in [-0.1, -0.05) is 18.2 Å². The van der Waals surface area contributed by atoms with E-state index in [0.29, 0.717) is 5.69 Å². The molecular weight excluding hydrogens is 298 g/mol. The molecule has 118 valence electrons. The maximum Gasteiger partial charge on any atom is 0.418 e. The summed E-state index contributed by atoms with van der Waals surface area (Å²) >= 11 is 0. The van der Waals surface area contributed by atoms with Gasteiger partial charge in [0.2, 0.25) is 11.6 Å². The lowest BCUT2D eigenvalue weighted by molar-refractivity contribution is 0.214. The predicted molar refractivity (Wildman–Crippen MR) is 84.0 cm³/mol. The van der Waals surface area contributed by atoms with Gasteiger partial charge in [-0.3, -0.25) is 5.32 Å². The molecule has 3 rings (SSSR count). The molecule has 2 aromatic heterocycles. The van der Waals surface area contributed by atoms with Crippen LogP contribution >= 0.6 is 0 Å². The van der Waals surface area contributed by atoms with E-state index in [1.54, 1.807) is 24.3 Å². The summed E-state index contributed by atoms with van der Waals surface area (Å²) in [6.45, 7) is 3.83. The number of nitrogens with two attached hydrogens (primary N) is 1. The highest BCUT2D eigenvalue weighted by Gasteiger charge is 2.17. The number of nitrogens with one attached hydrogen (secondary N) is 1. The number of aromatic nitrogens is 5. The molecule has 23 heavy (non-hydrogen) atoms. The minimum Gasteiger partial charge on any atom is -0.388 e. The quantitative estimate of drug-likeness (QED) is 0.758. The molecule has 0 saturated carbocycles. The van der Waals surface area contributed by atoms with Crippen molar-refractivity contribution >= 4 is 28.9 Å². The summed E-state index contributed by atoms with van der Waals surface area (Å²) in [4.78, 5) is 21.4. The molecule has 0 fully saturated rings. The SMILES string of the molecule is CC(C)n1nc2nc(N)nc(OC(=O)Nc3ccccc3)c2n1. The number of hydrogen-bond acceptors (Lipinski definition) is 7. The van der Waals surface area contributed by atoms with Crippen LogP contribution in [0.1, 0.15) is 19.9 Å². The number of nitrogen functional groups attached to an aromatic ring is 1. The van der Waals surface area contributed by atoms with Crippen molar-refractivity contribution in [2.24, 2.45) is 0 Å². The Bertz CT molecular complexity index is 845. The van der Waals surface area contributed by atoms with Gasteiger partial charge < -0.3 is 10.5 Å². The molecule has 0 radical (unpaired) electrons. The van der Waals surface area contributed by atoms with Gasteiger partial charge in [-0.15, -0.1) is 10.2 Å². The Hall–Kier alpha value is -3.23. The van der Waals surface area contributed by atoms with E-state index in [2.05, 4.69) is 25.5 Å². The van der Waals surface area contributed by atoms with E-state index < -0.39 is 6.09 Å². The van der Waals surface area contributed by atoms with Gasteiger partial charge in [0.1, 0.15) is 0 Å². The van der Waals surface area contributed by atoms with Crippen molar-refractivity contribution in [3.05, 3.63) is 30.3 Å². The van der Waals surface area contributed by atoms with Gasteiger partial charge in [0.15, 0.2) is 5.52 Å². The van der Waals surface area contributed by atoms with E-state index in [1.165, 1.54) is 4.80 Å². The maximum absolute atomic E-state index is 12.0. The van der Waals surface area contributed by atoms with Crippen molar-refractivity contribution in [1.29, 1.82) is 0 Å². The van der Waals surface area contributed by atoms with Crippen LogP contribution in [0.15, 0.2) is 30.3 Å². The zero-order valence-corrected chi connectivity index (χ0v) is 12.6. The third kappa shape index (κ3) is 3.18. The second-order valence-electron chi connectivity index (χ2n) is 5.05. The Morgan fingerprint density at radius 2 is 1.96 bits per heavy atom. The molecule has 0 spiro atoms. The summed E-state index contributed by atoms with van der Waals surface area (Å²) in [6, 6.07) is 8.93. The second-order valence-corrected chi connectivity index (χ2v) is 5.05. The van der Waals surface area contributed by atoms with Crippen molar-refractivity contribution in [1.82, 2.24) is 25.0 Å². The predicted octanol–water partition coefficient (Wildman–Crippen LogP) is 2.00. The first-order valence-electron chi connectivity index (χ1n) is 6.97. The number of carbonyl (C=O) groups is 1. The van der Waals surface area contributed by atoms with Gasteiger partial charge in [-0.2, -0.15) is 14.8 Å². The van der Waals surface area contributed by atoms with Gasteiger partial charge in [0.25, 0.3) is 5.88 Å². The molecule has 0 unspecified atom stereocenters. The van der Waals surface area contributed by atoms with Crippen LogP contribution < -0.4 is 15.8 Å². The van der Waals surface area contributed by atoms with Gasteiger partial charge in [0.05, 0.1) is 6.04 Å². The number of anilines is 2. The van der Waals surface area contributed by atoms with E-state index in [-0.39, 0.29) is 29.0 Å². The van der Waals surface area contributed by atoms with Crippen LogP contribution in [0.25, 0.3) is 11.2 Å². The van der Waals surface area contributed by atoms with Gasteiger partial charge in [-0.05, 0) is 26.0 Å². The molecule has 1 amide bonds. The van der Waals surface area contributed by atoms with E-state index in [1.807, 2.05) is 19.9 Å². The molecule has 9 heteroatoms. The number of fused-ring (bicyclic) bond motifs is 1. The Kier molecular flexibility index (Phi) is 3.75. The monoisotopic (exact) mass is 313 g/mol. The summed E-state index contributed by atoms with van der Waals surface area (Å²) in [5.74, 6) is -0.0800. The lowest BCUT2D eigenvalue weighted by Crippen LogP contribution is -2.18. The zero-order chi connectivity index (χ0) is 16.4. The molecule has 1 aromatic carbocycles. The highest BCUT2D eigenvalue weighted by atomic mass is 16.6. The van der Waals surface area contributed by atoms with Gasteiger partial charge >= 0.3 is 6.09 Å². The van der Waals surface area contributed by atoms with Crippen LogP contribution in [0, 0.1) is 0 Å². The van der Waals surface area contributed by atoms with Crippen molar-refractivity contribution < 1.29 is 9.53 Å². The van der Waals surface area contributed by atoms with E-state index in [9.17, 15) is 4.79 Å². The first-order valence-corrected chi connectivity index (χ1v) is 6.97. The van der Waals surface area contributed by atoms with Crippen molar-refractivity contribution in [2.45, 2.75) is 19.9 Å². The molecule has 0 aliphatic carbocycles. The van der Waals surface area contributed by atoms with Crippen LogP contribution in [0.3, 0.4) is 0 Å². The number of amides is 1. The molecule has 0 saturated heterocycles. The van der Waals surface area contributed by atoms with E-state index in [0.717, 1.165) is 0 Å². The second kappa shape index (κ2) is 5.87. The number of para-hydroxylation sites is 1. The Morgan fingerprint density at radius 1 is 1.22 bits per heavy atom. The maximum atomic E-state index is 12.0. The van der Waals surface area contributed by atoms with E-state index in [4.69, 9.17) is 10.5 Å². The highest BCUT2D eigenvalue weighted by molar-refractivity contribution is 5.88. The summed E-state index contributed by atoms with van der Waals surface area (Å²) < 4.78 is 5.21. The molecule has 2 heterocycles.